The Bertz CT molecular complexity index is 746. The van der Waals surface area contributed by atoms with Crippen LogP contribution in [0.5, 0.6) is 0 Å². The van der Waals surface area contributed by atoms with Crippen LogP contribution in [-0.2, 0) is 0 Å². The molecule has 9 heteroatoms. The molecule has 0 fully saturated rings. The van der Waals surface area contributed by atoms with E-state index in [1.807, 2.05) is 0 Å². The highest BCUT2D eigenvalue weighted by molar-refractivity contribution is 5.78. The van der Waals surface area contributed by atoms with E-state index in [1.165, 1.54) is 6.21 Å². The standard InChI is InChI=1S/C12H9N7O2/c20-17-9-3-1-8(2-4-9)11-6-5-10(21-11)7-13-14-12-15-18-19-16-12/h1-7H,(H2,14,15,16,18,19)/b13-7+. The summed E-state index contributed by atoms with van der Waals surface area (Å²) >= 11 is 0. The van der Waals surface area contributed by atoms with Crippen molar-refractivity contribution in [1.29, 1.82) is 0 Å². The van der Waals surface area contributed by atoms with Gasteiger partial charge in [0.1, 0.15) is 17.2 Å². The van der Waals surface area contributed by atoms with Gasteiger partial charge in [-0.25, -0.2) is 5.43 Å². The van der Waals surface area contributed by atoms with Gasteiger partial charge in [-0.15, -0.1) is 10.0 Å². The zero-order valence-corrected chi connectivity index (χ0v) is 10.6. The van der Waals surface area contributed by atoms with Crippen LogP contribution in [0.3, 0.4) is 0 Å². The van der Waals surface area contributed by atoms with E-state index in [0.717, 1.165) is 5.56 Å². The summed E-state index contributed by atoms with van der Waals surface area (Å²) in [5.41, 5.74) is 3.80. The van der Waals surface area contributed by atoms with Crippen molar-refractivity contribution < 1.29 is 4.42 Å². The summed E-state index contributed by atoms with van der Waals surface area (Å²) in [6.07, 6.45) is 1.49. The third-order valence-corrected chi connectivity index (χ3v) is 2.59. The summed E-state index contributed by atoms with van der Waals surface area (Å²) in [5.74, 6) is 1.47. The van der Waals surface area contributed by atoms with Crippen LogP contribution in [0.15, 0.2) is 51.1 Å². The maximum Gasteiger partial charge on any atom is 0.283 e. The molecule has 3 rings (SSSR count). The van der Waals surface area contributed by atoms with Crippen molar-refractivity contribution >= 4 is 17.9 Å². The van der Waals surface area contributed by atoms with Gasteiger partial charge in [-0.1, -0.05) is 5.10 Å². The average Bonchev–Trinajstić information content (AvgIpc) is 3.19. The molecule has 1 aromatic carbocycles. The van der Waals surface area contributed by atoms with Crippen LogP contribution in [0.1, 0.15) is 5.76 Å². The number of hydrogen-bond donors (Lipinski definition) is 2. The first-order valence-corrected chi connectivity index (χ1v) is 5.91. The first-order chi connectivity index (χ1) is 10.3. The van der Waals surface area contributed by atoms with Crippen LogP contribution in [0.2, 0.25) is 0 Å². The summed E-state index contributed by atoms with van der Waals surface area (Å²) in [6, 6.07) is 10.3. The van der Waals surface area contributed by atoms with Crippen LogP contribution >= 0.6 is 0 Å². The van der Waals surface area contributed by atoms with Gasteiger partial charge < -0.3 is 4.42 Å². The molecule has 9 nitrogen and oxygen atoms in total. The molecule has 0 aliphatic heterocycles. The molecule has 104 valence electrons. The predicted octanol–water partition coefficient (Wildman–Crippen LogP) is 2.30. The molecule has 3 aromatic rings. The molecular weight excluding hydrogens is 274 g/mol. The summed E-state index contributed by atoms with van der Waals surface area (Å²) in [6.45, 7) is 0. The molecule has 0 unspecified atom stereocenters. The first kappa shape index (κ1) is 12.7. The molecule has 0 spiro atoms. The number of H-pyrrole nitrogens is 1. The normalized spacial score (nSPS) is 10.9. The number of benzene rings is 1. The second-order valence-corrected chi connectivity index (χ2v) is 3.95. The van der Waals surface area contributed by atoms with Gasteiger partial charge in [-0.05, 0) is 46.8 Å². The maximum absolute atomic E-state index is 10.4. The van der Waals surface area contributed by atoms with E-state index in [-0.39, 0.29) is 5.95 Å². The van der Waals surface area contributed by atoms with E-state index in [4.69, 9.17) is 4.42 Å². The molecule has 2 aromatic heterocycles. The molecule has 0 aliphatic carbocycles. The molecule has 0 amide bonds. The molecule has 21 heavy (non-hydrogen) atoms. The van der Waals surface area contributed by atoms with Crippen LogP contribution in [-0.4, -0.2) is 26.8 Å². The summed E-state index contributed by atoms with van der Waals surface area (Å²) in [5, 5.41) is 19.8. The van der Waals surface area contributed by atoms with Crippen molar-refractivity contribution in [3.63, 3.8) is 0 Å². The average molecular weight is 283 g/mol. The Morgan fingerprint density at radius 2 is 2.05 bits per heavy atom. The molecule has 0 radical (unpaired) electrons. The Hall–Kier alpha value is -3.36. The highest BCUT2D eigenvalue weighted by Crippen LogP contribution is 2.24. The number of hydrogen-bond acceptors (Lipinski definition) is 8. The number of nitrogens with zero attached hydrogens (tertiary/aromatic N) is 5. The van der Waals surface area contributed by atoms with E-state index in [2.05, 4.69) is 36.3 Å². The minimum absolute atomic E-state index is 0.259. The summed E-state index contributed by atoms with van der Waals surface area (Å²) in [7, 11) is 0. The summed E-state index contributed by atoms with van der Waals surface area (Å²) in [4.78, 5) is 10.4. The fourth-order valence-corrected chi connectivity index (χ4v) is 1.63. The highest BCUT2D eigenvalue weighted by atomic mass is 16.3. The van der Waals surface area contributed by atoms with Gasteiger partial charge in [0.05, 0.1) is 6.21 Å². The van der Waals surface area contributed by atoms with Crippen molar-refractivity contribution in [2.75, 3.05) is 5.43 Å². The van der Waals surface area contributed by atoms with Crippen molar-refractivity contribution in [3.8, 4) is 11.3 Å². The molecule has 2 heterocycles. The monoisotopic (exact) mass is 283 g/mol. The fourth-order valence-electron chi connectivity index (χ4n) is 1.63. The third kappa shape index (κ3) is 2.97. The molecule has 0 aliphatic rings. The van der Waals surface area contributed by atoms with Gasteiger partial charge in [0.15, 0.2) is 0 Å². The van der Waals surface area contributed by atoms with E-state index in [1.54, 1.807) is 36.4 Å². The van der Waals surface area contributed by atoms with Crippen LogP contribution in [0.25, 0.3) is 11.3 Å². The lowest BCUT2D eigenvalue weighted by atomic mass is 10.1. The van der Waals surface area contributed by atoms with Gasteiger partial charge in [-0.3, -0.25) is 0 Å². The number of aromatic nitrogens is 4. The van der Waals surface area contributed by atoms with E-state index >= 15 is 0 Å². The smallest absolute Gasteiger partial charge is 0.283 e. The number of nitrogens with one attached hydrogen (secondary N) is 2. The van der Waals surface area contributed by atoms with E-state index in [0.29, 0.717) is 17.2 Å². The molecule has 0 atom stereocenters. The number of nitroso groups, excluding NO2 is 1. The number of hydrazone groups is 1. The number of rotatable bonds is 5. The van der Waals surface area contributed by atoms with E-state index in [9.17, 15) is 4.91 Å². The second-order valence-electron chi connectivity index (χ2n) is 3.95. The summed E-state index contributed by atoms with van der Waals surface area (Å²) < 4.78 is 5.60. The number of furan rings is 1. The lowest BCUT2D eigenvalue weighted by molar-refractivity contribution is 0.575. The van der Waals surface area contributed by atoms with Crippen molar-refractivity contribution in [2.45, 2.75) is 0 Å². The SMILES string of the molecule is O=Nc1ccc(-c2ccc(/C=N/Nc3nn[nH]n3)o2)cc1. The van der Waals surface area contributed by atoms with Crippen molar-refractivity contribution in [2.24, 2.45) is 10.3 Å². The maximum atomic E-state index is 10.4. The van der Waals surface area contributed by atoms with Gasteiger partial charge in [0, 0.05) is 5.56 Å². The molecular formula is C12H9N7O2. The van der Waals surface area contributed by atoms with Crippen LogP contribution in [0, 0.1) is 4.91 Å². The van der Waals surface area contributed by atoms with Gasteiger partial charge in [-0.2, -0.15) is 10.3 Å². The quantitative estimate of drug-likeness (QED) is 0.421. The fraction of sp³-hybridized carbons (Fsp3) is 0. The Labute approximate surface area is 118 Å². The van der Waals surface area contributed by atoms with Crippen LogP contribution in [0.4, 0.5) is 11.6 Å². The Morgan fingerprint density at radius 1 is 1.19 bits per heavy atom. The minimum atomic E-state index is 0.259. The molecule has 0 bridgehead atoms. The number of aromatic amines is 1. The number of anilines is 1. The van der Waals surface area contributed by atoms with E-state index < -0.39 is 0 Å². The second kappa shape index (κ2) is 5.74. The number of tetrazole rings is 1. The lowest BCUT2D eigenvalue weighted by Crippen LogP contribution is -1.91. The van der Waals surface area contributed by atoms with Crippen LogP contribution < -0.4 is 5.43 Å². The van der Waals surface area contributed by atoms with Gasteiger partial charge in [0.2, 0.25) is 0 Å². The Kier molecular flexibility index (Phi) is 3.46. The van der Waals surface area contributed by atoms with Gasteiger partial charge >= 0.3 is 0 Å². The Balaban J connectivity index is 1.70. The topological polar surface area (TPSA) is 121 Å². The third-order valence-electron chi connectivity index (χ3n) is 2.59. The van der Waals surface area contributed by atoms with Gasteiger partial charge in [0.25, 0.3) is 5.95 Å². The van der Waals surface area contributed by atoms with Crippen molar-refractivity contribution in [1.82, 2.24) is 20.6 Å². The molecule has 2 N–H and O–H groups in total. The predicted molar refractivity (Wildman–Crippen MR) is 75.0 cm³/mol. The zero-order valence-electron chi connectivity index (χ0n) is 10.6. The zero-order chi connectivity index (χ0) is 14.5. The molecule has 0 saturated carbocycles. The first-order valence-electron chi connectivity index (χ1n) is 5.91. The largest absolute Gasteiger partial charge is 0.455 e. The lowest BCUT2D eigenvalue weighted by Gasteiger charge is -1.96. The van der Waals surface area contributed by atoms with Crippen molar-refractivity contribution in [3.05, 3.63) is 47.1 Å². The Morgan fingerprint density at radius 3 is 2.76 bits per heavy atom. The molecule has 0 saturated heterocycles. The highest BCUT2D eigenvalue weighted by Gasteiger charge is 2.04. The minimum Gasteiger partial charge on any atom is -0.455 e.